The molecule has 178 valence electrons. The van der Waals surface area contributed by atoms with Gasteiger partial charge in [0, 0.05) is 26.2 Å². The monoisotopic (exact) mass is 550 g/mol. The maximum absolute atomic E-state index is 11.7. The summed E-state index contributed by atoms with van der Waals surface area (Å²) >= 11 is 0. The van der Waals surface area contributed by atoms with Gasteiger partial charge in [-0.3, -0.25) is 4.99 Å². The summed E-state index contributed by atoms with van der Waals surface area (Å²) in [6.07, 6.45) is 1.38. The number of carbonyl (C=O) groups is 1. The lowest BCUT2D eigenvalue weighted by molar-refractivity contribution is 0.0529. The highest BCUT2D eigenvalue weighted by atomic mass is 127. The second-order valence-electron chi connectivity index (χ2n) is 7.64. The Morgan fingerprint density at radius 1 is 1.06 bits per heavy atom. The zero-order chi connectivity index (χ0) is 22.4. The van der Waals surface area contributed by atoms with Crippen LogP contribution >= 0.6 is 24.0 Å². The summed E-state index contributed by atoms with van der Waals surface area (Å²) in [5.74, 6) is 2.25. The predicted molar refractivity (Wildman–Crippen MR) is 136 cm³/mol. The standard InChI is InChI=1S/C22H38N4O4.HI/c1-7-23-20(25-14-15-26-21(27)30-22(3,4)5)24-13-9-10-17-11-12-18(28-6)19(16-17)29-8-2;/h11-12,16H,7-10,13-15H2,1-6H3,(H,26,27)(H2,23,24,25);1H. The fourth-order valence-corrected chi connectivity index (χ4v) is 2.62. The van der Waals surface area contributed by atoms with E-state index < -0.39 is 11.7 Å². The number of amides is 1. The Bertz CT molecular complexity index is 678. The second kappa shape index (κ2) is 15.8. The van der Waals surface area contributed by atoms with Gasteiger partial charge in [-0.15, -0.1) is 24.0 Å². The van der Waals surface area contributed by atoms with Crippen LogP contribution in [0.15, 0.2) is 23.2 Å². The van der Waals surface area contributed by atoms with E-state index in [-0.39, 0.29) is 24.0 Å². The number of hydrogen-bond acceptors (Lipinski definition) is 5. The Morgan fingerprint density at radius 3 is 2.39 bits per heavy atom. The van der Waals surface area contributed by atoms with Crippen molar-refractivity contribution in [1.82, 2.24) is 16.0 Å². The molecule has 0 saturated carbocycles. The highest BCUT2D eigenvalue weighted by Crippen LogP contribution is 2.28. The number of halogens is 1. The van der Waals surface area contributed by atoms with Crippen LogP contribution in [0.1, 0.15) is 46.6 Å². The molecule has 9 heteroatoms. The van der Waals surface area contributed by atoms with E-state index in [1.54, 1.807) is 7.11 Å². The highest BCUT2D eigenvalue weighted by Gasteiger charge is 2.15. The average molecular weight is 550 g/mol. The molecule has 1 rings (SSSR count). The molecule has 1 amide bonds. The van der Waals surface area contributed by atoms with Gasteiger partial charge in [-0.1, -0.05) is 6.07 Å². The van der Waals surface area contributed by atoms with Gasteiger partial charge in [0.2, 0.25) is 0 Å². The molecule has 0 aromatic heterocycles. The number of carbonyl (C=O) groups excluding carboxylic acids is 1. The molecule has 8 nitrogen and oxygen atoms in total. The van der Waals surface area contributed by atoms with Gasteiger partial charge in [-0.2, -0.15) is 0 Å². The van der Waals surface area contributed by atoms with Crippen molar-refractivity contribution in [2.75, 3.05) is 39.9 Å². The Kier molecular flexibility index (Phi) is 14.9. The zero-order valence-electron chi connectivity index (χ0n) is 19.7. The molecule has 0 atom stereocenters. The van der Waals surface area contributed by atoms with E-state index in [0.717, 1.165) is 36.8 Å². The lowest BCUT2D eigenvalue weighted by atomic mass is 10.1. The summed E-state index contributed by atoms with van der Waals surface area (Å²) in [6.45, 7) is 12.5. The maximum Gasteiger partial charge on any atom is 0.407 e. The van der Waals surface area contributed by atoms with Gasteiger partial charge in [0.1, 0.15) is 5.60 Å². The molecule has 0 bridgehead atoms. The van der Waals surface area contributed by atoms with Crippen molar-refractivity contribution in [3.8, 4) is 11.5 Å². The Balaban J connectivity index is 0.00000900. The second-order valence-corrected chi connectivity index (χ2v) is 7.64. The summed E-state index contributed by atoms with van der Waals surface area (Å²) in [6, 6.07) is 6.02. The van der Waals surface area contributed by atoms with E-state index in [4.69, 9.17) is 14.2 Å². The Hall–Kier alpha value is -1.91. The molecule has 3 N–H and O–H groups in total. The number of hydrogen-bond donors (Lipinski definition) is 3. The van der Waals surface area contributed by atoms with E-state index >= 15 is 0 Å². The van der Waals surface area contributed by atoms with Crippen LogP contribution in [0.25, 0.3) is 0 Å². The summed E-state index contributed by atoms with van der Waals surface area (Å²) in [4.78, 5) is 16.2. The molecule has 0 aliphatic rings. The SMILES string of the molecule is CCNC(=NCCCc1ccc(OC)c(OCC)c1)NCCNC(=O)OC(C)(C)C.I. The third-order valence-corrected chi connectivity index (χ3v) is 3.85. The van der Waals surface area contributed by atoms with Crippen molar-refractivity contribution in [2.24, 2.45) is 4.99 Å². The number of rotatable bonds is 11. The quantitative estimate of drug-likeness (QED) is 0.168. The van der Waals surface area contributed by atoms with E-state index in [0.29, 0.717) is 26.2 Å². The molecule has 0 heterocycles. The van der Waals surface area contributed by atoms with Gasteiger partial charge < -0.3 is 30.2 Å². The molecule has 0 unspecified atom stereocenters. The molecule has 31 heavy (non-hydrogen) atoms. The van der Waals surface area contributed by atoms with Gasteiger partial charge in [0.05, 0.1) is 13.7 Å². The minimum atomic E-state index is -0.499. The van der Waals surface area contributed by atoms with Gasteiger partial charge >= 0.3 is 6.09 Å². The molecule has 0 fully saturated rings. The Morgan fingerprint density at radius 2 is 1.77 bits per heavy atom. The van der Waals surface area contributed by atoms with Crippen LogP contribution in [0.3, 0.4) is 0 Å². The number of nitrogens with one attached hydrogen (secondary N) is 3. The number of nitrogens with zero attached hydrogens (tertiary/aromatic N) is 1. The molecule has 1 aromatic rings. The summed E-state index contributed by atoms with van der Waals surface area (Å²) in [5.41, 5.74) is 0.690. The molecule has 0 aliphatic heterocycles. The van der Waals surface area contributed by atoms with Gasteiger partial charge in [-0.25, -0.2) is 4.79 Å². The van der Waals surface area contributed by atoms with Crippen LogP contribution in [0.2, 0.25) is 0 Å². The molecule has 0 saturated heterocycles. The van der Waals surface area contributed by atoms with Crippen LogP contribution in [0, 0.1) is 0 Å². The smallest absolute Gasteiger partial charge is 0.407 e. The number of methoxy groups -OCH3 is 1. The fourth-order valence-electron chi connectivity index (χ4n) is 2.62. The fraction of sp³-hybridized carbons (Fsp3) is 0.636. The number of alkyl carbamates (subject to hydrolysis) is 1. The number of guanidine groups is 1. The van der Waals surface area contributed by atoms with Crippen LogP contribution in [-0.4, -0.2) is 57.5 Å². The van der Waals surface area contributed by atoms with Gasteiger partial charge in [0.15, 0.2) is 17.5 Å². The third kappa shape index (κ3) is 13.2. The number of aliphatic imine (C=N–C) groups is 1. The van der Waals surface area contributed by atoms with Gasteiger partial charge in [-0.05, 0) is 65.2 Å². The zero-order valence-corrected chi connectivity index (χ0v) is 22.0. The van der Waals surface area contributed by atoms with E-state index in [2.05, 4.69) is 27.0 Å². The van der Waals surface area contributed by atoms with E-state index in [1.807, 2.05) is 46.8 Å². The maximum atomic E-state index is 11.7. The van der Waals surface area contributed by atoms with Crippen molar-refractivity contribution in [2.45, 2.75) is 53.1 Å². The first kappa shape index (κ1) is 29.1. The Labute approximate surface area is 203 Å². The summed E-state index contributed by atoms with van der Waals surface area (Å²) in [7, 11) is 1.64. The molecule has 0 radical (unpaired) electrons. The first-order chi connectivity index (χ1) is 14.3. The summed E-state index contributed by atoms with van der Waals surface area (Å²) in [5, 5.41) is 9.14. The van der Waals surface area contributed by atoms with Crippen LogP contribution in [-0.2, 0) is 11.2 Å². The van der Waals surface area contributed by atoms with Crippen molar-refractivity contribution >= 4 is 36.0 Å². The lowest BCUT2D eigenvalue weighted by Gasteiger charge is -2.19. The molecule has 0 spiro atoms. The van der Waals surface area contributed by atoms with Crippen LogP contribution < -0.4 is 25.4 Å². The summed E-state index contributed by atoms with van der Waals surface area (Å²) < 4.78 is 16.2. The average Bonchev–Trinajstić information content (AvgIpc) is 2.67. The lowest BCUT2D eigenvalue weighted by Crippen LogP contribution is -2.42. The van der Waals surface area contributed by atoms with Crippen molar-refractivity contribution < 1.29 is 19.0 Å². The molecule has 0 aliphatic carbocycles. The third-order valence-electron chi connectivity index (χ3n) is 3.85. The van der Waals surface area contributed by atoms with Crippen molar-refractivity contribution in [1.29, 1.82) is 0 Å². The van der Waals surface area contributed by atoms with Crippen molar-refractivity contribution in [3.05, 3.63) is 23.8 Å². The van der Waals surface area contributed by atoms with Crippen molar-refractivity contribution in [3.63, 3.8) is 0 Å². The molecule has 1 aromatic carbocycles. The largest absolute Gasteiger partial charge is 0.493 e. The molecular formula is C22H39IN4O4. The minimum absolute atomic E-state index is 0. The number of aryl methyl sites for hydroxylation is 1. The van der Waals surface area contributed by atoms with Crippen LogP contribution in [0.4, 0.5) is 4.79 Å². The van der Waals surface area contributed by atoms with Gasteiger partial charge in [0.25, 0.3) is 0 Å². The highest BCUT2D eigenvalue weighted by molar-refractivity contribution is 14.0. The first-order valence-electron chi connectivity index (χ1n) is 10.6. The first-order valence-corrected chi connectivity index (χ1v) is 10.6. The van der Waals surface area contributed by atoms with E-state index in [1.165, 1.54) is 5.56 Å². The topological polar surface area (TPSA) is 93.2 Å². The van der Waals surface area contributed by atoms with E-state index in [9.17, 15) is 4.79 Å². The predicted octanol–water partition coefficient (Wildman–Crippen LogP) is 3.72. The number of benzene rings is 1. The minimum Gasteiger partial charge on any atom is -0.493 e. The van der Waals surface area contributed by atoms with Crippen LogP contribution in [0.5, 0.6) is 11.5 Å². The molecular weight excluding hydrogens is 511 g/mol. The normalized spacial score (nSPS) is 11.2. The number of ether oxygens (including phenoxy) is 3.